The number of carbonyl (C=O) groups excluding carboxylic acids is 2. The van der Waals surface area contributed by atoms with Crippen molar-refractivity contribution in [3.63, 3.8) is 0 Å². The standard InChI is InChI=1S/C18H24N6O3/c1-14-4-5-19-10-16(14)22-17(25)9-15-11-27-8-7-24(15)18(26)3-2-6-23-13-20-12-21-23/h4-5,10,12-13,15H,2-3,6-9,11H2,1H3,(H,22,25)/t15-/m0/s1. The summed E-state index contributed by atoms with van der Waals surface area (Å²) in [5.41, 5.74) is 1.63. The van der Waals surface area contributed by atoms with Crippen LogP contribution < -0.4 is 5.32 Å². The topological polar surface area (TPSA) is 102 Å². The van der Waals surface area contributed by atoms with Gasteiger partial charge < -0.3 is 15.0 Å². The molecule has 0 bridgehead atoms. The van der Waals surface area contributed by atoms with Gasteiger partial charge in [0.25, 0.3) is 0 Å². The highest BCUT2D eigenvalue weighted by atomic mass is 16.5. The molecule has 2 amide bonds. The smallest absolute Gasteiger partial charge is 0.226 e. The predicted molar refractivity (Wildman–Crippen MR) is 97.8 cm³/mol. The maximum Gasteiger partial charge on any atom is 0.226 e. The molecule has 1 fully saturated rings. The van der Waals surface area contributed by atoms with E-state index in [1.807, 2.05) is 13.0 Å². The zero-order chi connectivity index (χ0) is 19.1. The Morgan fingerprint density at radius 2 is 2.26 bits per heavy atom. The summed E-state index contributed by atoms with van der Waals surface area (Å²) in [6.45, 7) is 3.92. The van der Waals surface area contributed by atoms with E-state index in [-0.39, 0.29) is 24.3 Å². The van der Waals surface area contributed by atoms with Gasteiger partial charge in [-0.15, -0.1) is 0 Å². The number of rotatable bonds is 7. The molecule has 2 aromatic rings. The number of nitrogens with one attached hydrogen (secondary N) is 1. The quantitative estimate of drug-likeness (QED) is 0.778. The molecule has 9 heteroatoms. The number of aryl methyl sites for hydroxylation is 2. The largest absolute Gasteiger partial charge is 0.377 e. The van der Waals surface area contributed by atoms with E-state index in [0.29, 0.717) is 44.8 Å². The molecule has 1 aliphatic heterocycles. The fraction of sp³-hybridized carbons (Fsp3) is 0.500. The molecule has 0 spiro atoms. The Balaban J connectivity index is 1.52. The summed E-state index contributed by atoms with van der Waals surface area (Å²) in [6, 6.07) is 1.58. The summed E-state index contributed by atoms with van der Waals surface area (Å²) in [5, 5.41) is 6.89. The van der Waals surface area contributed by atoms with Crippen molar-refractivity contribution in [2.75, 3.05) is 25.1 Å². The Kier molecular flexibility index (Phi) is 6.48. The van der Waals surface area contributed by atoms with Gasteiger partial charge in [-0.2, -0.15) is 5.10 Å². The van der Waals surface area contributed by atoms with Crippen LogP contribution in [0.2, 0.25) is 0 Å². The van der Waals surface area contributed by atoms with Gasteiger partial charge in [-0.25, -0.2) is 4.98 Å². The minimum absolute atomic E-state index is 0.0359. The van der Waals surface area contributed by atoms with Crippen molar-refractivity contribution in [1.29, 1.82) is 0 Å². The van der Waals surface area contributed by atoms with Crippen LogP contribution in [0.15, 0.2) is 31.1 Å². The number of aromatic nitrogens is 4. The van der Waals surface area contributed by atoms with Gasteiger partial charge in [-0.1, -0.05) is 0 Å². The average Bonchev–Trinajstić information content (AvgIpc) is 3.17. The minimum atomic E-state index is -0.255. The van der Waals surface area contributed by atoms with Crippen molar-refractivity contribution in [2.24, 2.45) is 0 Å². The lowest BCUT2D eigenvalue weighted by Crippen LogP contribution is -2.50. The van der Waals surface area contributed by atoms with Crippen molar-refractivity contribution in [3.8, 4) is 0 Å². The van der Waals surface area contributed by atoms with Gasteiger partial charge >= 0.3 is 0 Å². The molecule has 27 heavy (non-hydrogen) atoms. The van der Waals surface area contributed by atoms with E-state index in [9.17, 15) is 9.59 Å². The first-order valence-corrected chi connectivity index (χ1v) is 9.03. The van der Waals surface area contributed by atoms with E-state index >= 15 is 0 Å². The van der Waals surface area contributed by atoms with Crippen molar-refractivity contribution in [3.05, 3.63) is 36.7 Å². The van der Waals surface area contributed by atoms with Crippen LogP contribution >= 0.6 is 0 Å². The van der Waals surface area contributed by atoms with Crippen molar-refractivity contribution in [2.45, 2.75) is 38.8 Å². The number of ether oxygens (including phenoxy) is 1. The normalized spacial score (nSPS) is 16.9. The second kappa shape index (κ2) is 9.22. The highest BCUT2D eigenvalue weighted by molar-refractivity contribution is 5.92. The summed E-state index contributed by atoms with van der Waals surface area (Å²) in [7, 11) is 0. The maximum atomic E-state index is 12.6. The molecule has 0 aromatic carbocycles. The molecular weight excluding hydrogens is 348 g/mol. The van der Waals surface area contributed by atoms with Crippen molar-refractivity contribution >= 4 is 17.5 Å². The number of anilines is 1. The third-order valence-corrected chi connectivity index (χ3v) is 4.53. The lowest BCUT2D eigenvalue weighted by molar-refractivity contribution is -0.141. The van der Waals surface area contributed by atoms with Crippen molar-refractivity contribution < 1.29 is 14.3 Å². The molecule has 2 aromatic heterocycles. The highest BCUT2D eigenvalue weighted by Crippen LogP contribution is 2.16. The second-order valence-corrected chi connectivity index (χ2v) is 6.52. The first-order chi connectivity index (χ1) is 13.1. The number of amides is 2. The van der Waals surface area contributed by atoms with E-state index in [4.69, 9.17) is 4.74 Å². The Bertz CT molecular complexity index is 764. The number of morpholine rings is 1. The summed E-state index contributed by atoms with van der Waals surface area (Å²) >= 11 is 0. The fourth-order valence-corrected chi connectivity index (χ4v) is 3.05. The number of hydrogen-bond acceptors (Lipinski definition) is 6. The van der Waals surface area contributed by atoms with E-state index in [1.165, 1.54) is 6.33 Å². The summed E-state index contributed by atoms with van der Waals surface area (Å²) in [5.74, 6) is -0.115. The molecule has 1 aliphatic rings. The van der Waals surface area contributed by atoms with Gasteiger partial charge in [0.05, 0.1) is 31.1 Å². The molecule has 144 valence electrons. The molecule has 1 N–H and O–H groups in total. The van der Waals surface area contributed by atoms with Crippen LogP contribution in [0.5, 0.6) is 0 Å². The van der Waals surface area contributed by atoms with Crippen molar-refractivity contribution in [1.82, 2.24) is 24.6 Å². The molecule has 1 atom stereocenters. The van der Waals surface area contributed by atoms with Gasteiger partial charge in [0.15, 0.2) is 0 Å². The van der Waals surface area contributed by atoms with E-state index in [0.717, 1.165) is 5.56 Å². The molecule has 0 saturated carbocycles. The summed E-state index contributed by atoms with van der Waals surface area (Å²) in [6.07, 6.45) is 7.68. The number of pyridine rings is 1. The number of carbonyl (C=O) groups is 2. The van der Waals surface area contributed by atoms with Gasteiger partial charge in [0.1, 0.15) is 12.7 Å². The highest BCUT2D eigenvalue weighted by Gasteiger charge is 2.29. The Morgan fingerprint density at radius 1 is 1.37 bits per heavy atom. The van der Waals surface area contributed by atoms with Gasteiger partial charge in [0, 0.05) is 32.1 Å². The Morgan fingerprint density at radius 3 is 3.04 bits per heavy atom. The first-order valence-electron chi connectivity index (χ1n) is 9.03. The summed E-state index contributed by atoms with van der Waals surface area (Å²) in [4.78, 5) is 34.7. The lowest BCUT2D eigenvalue weighted by Gasteiger charge is -2.35. The molecule has 9 nitrogen and oxygen atoms in total. The monoisotopic (exact) mass is 372 g/mol. The van der Waals surface area contributed by atoms with Crippen LogP contribution in [0.3, 0.4) is 0 Å². The first kappa shape index (κ1) is 19.0. The Labute approximate surface area is 157 Å². The average molecular weight is 372 g/mol. The van der Waals surface area contributed by atoms with Crippen LogP contribution in [0.25, 0.3) is 0 Å². The van der Waals surface area contributed by atoms with E-state index in [2.05, 4.69) is 20.4 Å². The fourth-order valence-electron chi connectivity index (χ4n) is 3.05. The molecular formula is C18H24N6O3. The van der Waals surface area contributed by atoms with E-state index in [1.54, 1.807) is 28.3 Å². The van der Waals surface area contributed by atoms with Crippen LogP contribution in [0, 0.1) is 6.92 Å². The number of hydrogen-bond donors (Lipinski definition) is 1. The molecule has 3 rings (SSSR count). The van der Waals surface area contributed by atoms with Crippen LogP contribution in [0.1, 0.15) is 24.8 Å². The van der Waals surface area contributed by atoms with Crippen LogP contribution in [-0.2, 0) is 20.9 Å². The molecule has 1 saturated heterocycles. The second-order valence-electron chi connectivity index (χ2n) is 6.52. The third kappa shape index (κ3) is 5.33. The Hall–Kier alpha value is -2.81. The zero-order valence-electron chi connectivity index (χ0n) is 15.4. The minimum Gasteiger partial charge on any atom is -0.377 e. The third-order valence-electron chi connectivity index (χ3n) is 4.53. The molecule has 0 unspecified atom stereocenters. The van der Waals surface area contributed by atoms with Gasteiger partial charge in [0.2, 0.25) is 11.8 Å². The zero-order valence-corrected chi connectivity index (χ0v) is 15.4. The molecule has 0 aliphatic carbocycles. The molecule has 3 heterocycles. The van der Waals surface area contributed by atoms with Gasteiger partial charge in [-0.3, -0.25) is 19.3 Å². The number of nitrogens with zero attached hydrogens (tertiary/aromatic N) is 5. The summed E-state index contributed by atoms with van der Waals surface area (Å²) < 4.78 is 7.19. The predicted octanol–water partition coefficient (Wildman–Crippen LogP) is 1.02. The van der Waals surface area contributed by atoms with Crippen LogP contribution in [-0.4, -0.2) is 62.3 Å². The maximum absolute atomic E-state index is 12.6. The van der Waals surface area contributed by atoms with Gasteiger partial charge in [-0.05, 0) is 25.0 Å². The lowest BCUT2D eigenvalue weighted by atomic mass is 10.1. The van der Waals surface area contributed by atoms with E-state index < -0.39 is 0 Å². The molecule has 0 radical (unpaired) electrons. The SMILES string of the molecule is Cc1ccncc1NC(=O)C[C@H]1COCCN1C(=O)CCCn1cncn1. The van der Waals surface area contributed by atoms with Crippen LogP contribution in [0.4, 0.5) is 5.69 Å².